The molecule has 9 heteroatoms. The molecule has 0 saturated heterocycles. The van der Waals surface area contributed by atoms with Crippen molar-refractivity contribution in [2.45, 2.75) is 20.4 Å². The van der Waals surface area contributed by atoms with Gasteiger partial charge in [0, 0.05) is 18.1 Å². The van der Waals surface area contributed by atoms with Crippen molar-refractivity contribution in [1.82, 2.24) is 19.2 Å². The van der Waals surface area contributed by atoms with Gasteiger partial charge >= 0.3 is 5.69 Å². The summed E-state index contributed by atoms with van der Waals surface area (Å²) in [5.41, 5.74) is 2.78. The van der Waals surface area contributed by atoms with Gasteiger partial charge in [-0.15, -0.1) is 5.10 Å². The fourth-order valence-electron chi connectivity index (χ4n) is 3.17. The topological polar surface area (TPSA) is 114 Å². The molecule has 0 spiro atoms. The Morgan fingerprint density at radius 2 is 1.87 bits per heavy atom. The number of benzene rings is 2. The van der Waals surface area contributed by atoms with E-state index in [4.69, 9.17) is 10.00 Å². The Bertz CT molecular complexity index is 1360. The molecule has 31 heavy (non-hydrogen) atoms. The fraction of sp³-hybridized carbons (Fsp3) is 0.136. The Morgan fingerprint density at radius 3 is 2.55 bits per heavy atom. The van der Waals surface area contributed by atoms with E-state index in [1.807, 2.05) is 38.1 Å². The number of nitriles is 1. The maximum absolute atomic E-state index is 12.7. The van der Waals surface area contributed by atoms with Crippen LogP contribution >= 0.6 is 0 Å². The first-order valence-corrected chi connectivity index (χ1v) is 9.43. The summed E-state index contributed by atoms with van der Waals surface area (Å²) < 4.78 is 8.19. The quantitative estimate of drug-likeness (QED) is 0.537. The van der Waals surface area contributed by atoms with Crippen LogP contribution in [0.15, 0.2) is 59.7 Å². The highest BCUT2D eigenvalue weighted by molar-refractivity contribution is 5.90. The third kappa shape index (κ3) is 4.28. The van der Waals surface area contributed by atoms with Gasteiger partial charge in [0.2, 0.25) is 11.6 Å². The van der Waals surface area contributed by atoms with Gasteiger partial charge in [0.15, 0.2) is 0 Å². The zero-order valence-corrected chi connectivity index (χ0v) is 16.9. The van der Waals surface area contributed by atoms with Gasteiger partial charge in [-0.25, -0.2) is 18.9 Å². The van der Waals surface area contributed by atoms with E-state index in [9.17, 15) is 9.59 Å². The molecule has 9 nitrogen and oxygen atoms in total. The number of rotatable bonds is 5. The number of amides is 1. The van der Waals surface area contributed by atoms with Crippen molar-refractivity contribution in [3.05, 3.63) is 82.0 Å². The number of carbonyl (C=O) groups excluding carboxylic acids is 1. The van der Waals surface area contributed by atoms with Gasteiger partial charge < -0.3 is 10.1 Å². The lowest BCUT2D eigenvalue weighted by molar-refractivity contribution is -0.117. The molecule has 0 aliphatic rings. The summed E-state index contributed by atoms with van der Waals surface area (Å²) in [6, 6.07) is 14.2. The monoisotopic (exact) mass is 414 g/mol. The zero-order chi connectivity index (χ0) is 22.0. The molecule has 2 aromatic heterocycles. The third-order valence-corrected chi connectivity index (χ3v) is 4.47. The molecule has 0 radical (unpaired) electrons. The molecule has 0 aliphatic heterocycles. The Balaban J connectivity index is 1.58. The summed E-state index contributed by atoms with van der Waals surface area (Å²) in [6.07, 6.45) is 2.91. The normalized spacial score (nSPS) is 10.6. The Labute approximate surface area is 177 Å². The van der Waals surface area contributed by atoms with E-state index in [-0.39, 0.29) is 18.1 Å². The number of fused-ring (bicyclic) bond motifs is 1. The SMILES string of the molecule is Cc1cc(C)cc(Oc2nccn3c(=O)n(CC(=O)Nc4ccc(C#N)cc4)nc23)c1. The van der Waals surface area contributed by atoms with Crippen molar-refractivity contribution in [1.29, 1.82) is 5.26 Å². The van der Waals surface area contributed by atoms with Crippen molar-refractivity contribution in [2.75, 3.05) is 5.32 Å². The highest BCUT2D eigenvalue weighted by atomic mass is 16.5. The van der Waals surface area contributed by atoms with E-state index in [0.29, 0.717) is 17.0 Å². The molecule has 0 fully saturated rings. The fourth-order valence-corrected chi connectivity index (χ4v) is 3.17. The van der Waals surface area contributed by atoms with E-state index in [0.717, 1.165) is 15.8 Å². The van der Waals surface area contributed by atoms with Crippen LogP contribution in [0.5, 0.6) is 11.6 Å². The number of hydrogen-bond acceptors (Lipinski definition) is 6. The lowest BCUT2D eigenvalue weighted by Gasteiger charge is -2.07. The molecule has 1 amide bonds. The molecule has 2 aromatic carbocycles. The summed E-state index contributed by atoms with van der Waals surface area (Å²) in [7, 11) is 0. The molecule has 2 heterocycles. The van der Waals surface area contributed by atoms with Gasteiger partial charge in [0.25, 0.3) is 5.88 Å². The summed E-state index contributed by atoms with van der Waals surface area (Å²) in [5.74, 6) is 0.314. The summed E-state index contributed by atoms with van der Waals surface area (Å²) >= 11 is 0. The predicted octanol–water partition coefficient (Wildman–Crippen LogP) is 2.81. The summed E-state index contributed by atoms with van der Waals surface area (Å²) in [5, 5.41) is 15.8. The van der Waals surface area contributed by atoms with E-state index >= 15 is 0 Å². The van der Waals surface area contributed by atoms with Crippen LogP contribution < -0.4 is 15.7 Å². The van der Waals surface area contributed by atoms with Crippen LogP contribution in [0.1, 0.15) is 16.7 Å². The minimum Gasteiger partial charge on any atom is -0.436 e. The number of hydrogen-bond donors (Lipinski definition) is 1. The van der Waals surface area contributed by atoms with Gasteiger partial charge in [-0.2, -0.15) is 5.26 Å². The predicted molar refractivity (Wildman–Crippen MR) is 113 cm³/mol. The van der Waals surface area contributed by atoms with Crippen molar-refractivity contribution >= 4 is 17.2 Å². The molecular weight excluding hydrogens is 396 g/mol. The second kappa shape index (κ2) is 8.12. The van der Waals surface area contributed by atoms with Crippen molar-refractivity contribution < 1.29 is 9.53 Å². The van der Waals surface area contributed by atoms with Gasteiger partial charge in [-0.3, -0.25) is 4.79 Å². The molecule has 4 aromatic rings. The molecule has 0 atom stereocenters. The second-order valence-corrected chi connectivity index (χ2v) is 7.03. The maximum atomic E-state index is 12.7. The van der Waals surface area contributed by atoms with Crippen LogP contribution in [0.25, 0.3) is 5.65 Å². The van der Waals surface area contributed by atoms with Crippen LogP contribution in [-0.2, 0) is 11.3 Å². The van der Waals surface area contributed by atoms with E-state index in [1.165, 1.54) is 16.8 Å². The van der Waals surface area contributed by atoms with Gasteiger partial charge in [-0.1, -0.05) is 6.07 Å². The number of nitrogens with zero attached hydrogens (tertiary/aromatic N) is 5. The smallest absolute Gasteiger partial charge is 0.351 e. The van der Waals surface area contributed by atoms with Crippen LogP contribution in [-0.4, -0.2) is 25.1 Å². The summed E-state index contributed by atoms with van der Waals surface area (Å²) in [4.78, 5) is 29.3. The van der Waals surface area contributed by atoms with Crippen LogP contribution in [0.4, 0.5) is 5.69 Å². The maximum Gasteiger partial charge on any atom is 0.351 e. The highest BCUT2D eigenvalue weighted by Gasteiger charge is 2.16. The van der Waals surface area contributed by atoms with Crippen LogP contribution in [0.2, 0.25) is 0 Å². The molecule has 1 N–H and O–H groups in total. The van der Waals surface area contributed by atoms with E-state index in [2.05, 4.69) is 15.4 Å². The molecule has 0 bridgehead atoms. The van der Waals surface area contributed by atoms with Gasteiger partial charge in [0.05, 0.1) is 11.6 Å². The molecular formula is C22H18N6O3. The standard InChI is InChI=1S/C22H18N6O3/c1-14-9-15(2)11-18(10-14)31-21-20-26-28(22(30)27(20)8-7-24-21)13-19(29)25-17-5-3-16(12-23)4-6-17/h3-11H,13H2,1-2H3,(H,25,29). The van der Waals surface area contributed by atoms with Gasteiger partial charge in [0.1, 0.15) is 12.3 Å². The Kier molecular flexibility index (Phi) is 5.20. The van der Waals surface area contributed by atoms with Gasteiger partial charge in [-0.05, 0) is 61.4 Å². The first-order valence-electron chi connectivity index (χ1n) is 9.43. The largest absolute Gasteiger partial charge is 0.436 e. The number of ether oxygens (including phenoxy) is 1. The average molecular weight is 414 g/mol. The van der Waals surface area contributed by atoms with Crippen molar-refractivity contribution in [3.63, 3.8) is 0 Å². The van der Waals surface area contributed by atoms with E-state index in [1.54, 1.807) is 24.3 Å². The molecule has 0 aliphatic carbocycles. The lowest BCUT2D eigenvalue weighted by atomic mass is 10.1. The number of aromatic nitrogens is 4. The van der Waals surface area contributed by atoms with E-state index < -0.39 is 11.6 Å². The Hall–Kier alpha value is -4.45. The number of carbonyl (C=O) groups is 1. The summed E-state index contributed by atoms with van der Waals surface area (Å²) in [6.45, 7) is 3.63. The number of anilines is 1. The Morgan fingerprint density at radius 1 is 1.16 bits per heavy atom. The number of nitrogens with one attached hydrogen (secondary N) is 1. The molecule has 0 unspecified atom stereocenters. The number of aryl methyl sites for hydroxylation is 2. The minimum absolute atomic E-state index is 0.163. The second-order valence-electron chi connectivity index (χ2n) is 7.03. The van der Waals surface area contributed by atoms with Crippen LogP contribution in [0, 0.1) is 25.2 Å². The van der Waals surface area contributed by atoms with Crippen molar-refractivity contribution in [3.8, 4) is 17.7 Å². The molecule has 154 valence electrons. The molecule has 0 saturated carbocycles. The third-order valence-electron chi connectivity index (χ3n) is 4.47. The highest BCUT2D eigenvalue weighted by Crippen LogP contribution is 2.24. The average Bonchev–Trinajstić information content (AvgIpc) is 3.04. The zero-order valence-electron chi connectivity index (χ0n) is 16.9. The first-order chi connectivity index (χ1) is 14.9. The van der Waals surface area contributed by atoms with Crippen LogP contribution in [0.3, 0.4) is 0 Å². The first kappa shape index (κ1) is 19.8. The van der Waals surface area contributed by atoms with Crippen molar-refractivity contribution in [2.24, 2.45) is 0 Å². The lowest BCUT2D eigenvalue weighted by Crippen LogP contribution is -2.28. The molecule has 4 rings (SSSR count). The minimum atomic E-state index is -0.488.